The van der Waals surface area contributed by atoms with Crippen molar-refractivity contribution in [3.8, 4) is 0 Å². The predicted octanol–water partition coefficient (Wildman–Crippen LogP) is 1.77. The average Bonchev–Trinajstić information content (AvgIpc) is 2.51. The molecule has 0 aromatic carbocycles. The Hall–Kier alpha value is -0.390. The minimum Gasteiger partial charge on any atom is -0.454 e. The number of hydrogen-bond donors (Lipinski definition) is 0. The third-order valence-corrected chi connectivity index (χ3v) is 3.23. The molecule has 0 saturated carbocycles. The highest BCUT2D eigenvalue weighted by Crippen LogP contribution is 2.31. The van der Waals surface area contributed by atoms with Crippen molar-refractivity contribution in [3.05, 3.63) is 12.2 Å². The number of carbonyl (C=O) groups excluding carboxylic acids is 1. The van der Waals surface area contributed by atoms with Crippen LogP contribution in [-0.4, -0.2) is 34.9 Å². The minimum absolute atomic E-state index is 0.223. The van der Waals surface area contributed by atoms with Gasteiger partial charge in [0.05, 0.1) is 6.61 Å². The van der Waals surface area contributed by atoms with E-state index in [1.807, 2.05) is 19.9 Å². The first-order valence-electron chi connectivity index (χ1n) is 5.21. The monoisotopic (exact) mass is 290 g/mol. The maximum atomic E-state index is 11.6. The van der Waals surface area contributed by atoms with Gasteiger partial charge in [-0.2, -0.15) is 0 Å². The fourth-order valence-electron chi connectivity index (χ4n) is 1.70. The zero-order valence-electron chi connectivity index (χ0n) is 9.53. The number of rotatable bonds is 1. The normalized spacial score (nSPS) is 42.1. The van der Waals surface area contributed by atoms with Gasteiger partial charge in [-0.25, -0.2) is 0 Å². The second-order valence-corrected chi connectivity index (χ2v) is 6.32. The molecule has 2 unspecified atom stereocenters. The van der Waals surface area contributed by atoms with Gasteiger partial charge in [0.1, 0.15) is 16.5 Å². The first-order chi connectivity index (χ1) is 7.30. The van der Waals surface area contributed by atoms with Gasteiger partial charge in [-0.1, -0.05) is 22.0 Å². The average molecular weight is 291 g/mol. The Bertz CT molecular complexity index is 335. The van der Waals surface area contributed by atoms with E-state index in [2.05, 4.69) is 15.9 Å². The molecule has 0 aliphatic carbocycles. The van der Waals surface area contributed by atoms with Gasteiger partial charge in [0.15, 0.2) is 5.79 Å². The molecule has 2 aliphatic rings. The second kappa shape index (κ2) is 3.82. The summed E-state index contributed by atoms with van der Waals surface area (Å²) >= 11 is 3.28. The van der Waals surface area contributed by atoms with Crippen LogP contribution in [0.25, 0.3) is 0 Å². The molecule has 0 aromatic rings. The summed E-state index contributed by atoms with van der Waals surface area (Å²) in [6.07, 6.45) is 3.04. The number of alkyl halides is 1. The van der Waals surface area contributed by atoms with Crippen molar-refractivity contribution < 1.29 is 19.0 Å². The van der Waals surface area contributed by atoms with E-state index in [9.17, 15) is 4.79 Å². The molecule has 4 nitrogen and oxygen atoms in total. The SMILES string of the molecule is CC1(C)OC[C@H](C2C=CC(C)(Br)C(=O)O2)O1. The van der Waals surface area contributed by atoms with Crippen LogP contribution < -0.4 is 0 Å². The molecular formula is C11H15BrO4. The zero-order valence-corrected chi connectivity index (χ0v) is 11.1. The van der Waals surface area contributed by atoms with Gasteiger partial charge in [0.2, 0.25) is 0 Å². The highest BCUT2D eigenvalue weighted by molar-refractivity contribution is 9.10. The molecule has 0 radical (unpaired) electrons. The number of ether oxygens (including phenoxy) is 3. The minimum atomic E-state index is -0.724. The van der Waals surface area contributed by atoms with Crippen LogP contribution in [0.5, 0.6) is 0 Å². The summed E-state index contributed by atoms with van der Waals surface area (Å²) < 4.78 is 15.7. The van der Waals surface area contributed by atoms with Gasteiger partial charge >= 0.3 is 5.97 Å². The first-order valence-corrected chi connectivity index (χ1v) is 6.01. The Kier molecular flexibility index (Phi) is 2.88. The third kappa shape index (κ3) is 2.31. The van der Waals surface area contributed by atoms with Crippen LogP contribution in [0.15, 0.2) is 12.2 Å². The van der Waals surface area contributed by atoms with E-state index in [4.69, 9.17) is 14.2 Å². The van der Waals surface area contributed by atoms with Crippen molar-refractivity contribution in [1.82, 2.24) is 0 Å². The van der Waals surface area contributed by atoms with E-state index in [1.165, 1.54) is 0 Å². The smallest absolute Gasteiger partial charge is 0.327 e. The summed E-state index contributed by atoms with van der Waals surface area (Å²) in [5.74, 6) is -0.895. The third-order valence-electron chi connectivity index (χ3n) is 2.64. The van der Waals surface area contributed by atoms with Gasteiger partial charge in [-0.05, 0) is 26.8 Å². The molecule has 2 heterocycles. The molecule has 5 heteroatoms. The predicted molar refractivity (Wildman–Crippen MR) is 61.3 cm³/mol. The number of carbonyl (C=O) groups is 1. The summed E-state index contributed by atoms with van der Waals surface area (Å²) in [5, 5.41) is 0. The molecular weight excluding hydrogens is 276 g/mol. The summed E-state index contributed by atoms with van der Waals surface area (Å²) in [7, 11) is 0. The Morgan fingerprint density at radius 1 is 1.44 bits per heavy atom. The van der Waals surface area contributed by atoms with Crippen LogP contribution in [0.4, 0.5) is 0 Å². The van der Waals surface area contributed by atoms with E-state index >= 15 is 0 Å². The number of esters is 1. The van der Waals surface area contributed by atoms with Crippen molar-refractivity contribution in [3.63, 3.8) is 0 Å². The summed E-state index contributed by atoms with van der Waals surface area (Å²) in [6, 6.07) is 0. The summed E-state index contributed by atoms with van der Waals surface area (Å²) in [6.45, 7) is 5.87. The standard InChI is InChI=1S/C11H15BrO4/c1-10(2)14-6-8(16-10)7-4-5-11(3,12)9(13)15-7/h4-5,7-8H,6H2,1-3H3/t7?,8-,11?/m1/s1. The molecule has 2 rings (SSSR count). The zero-order chi connectivity index (χ0) is 12.0. The molecule has 0 N–H and O–H groups in total. The molecule has 0 bridgehead atoms. The number of halogens is 1. The van der Waals surface area contributed by atoms with Crippen molar-refractivity contribution >= 4 is 21.9 Å². The van der Waals surface area contributed by atoms with Gasteiger partial charge in [-0.3, -0.25) is 4.79 Å². The van der Waals surface area contributed by atoms with Gasteiger partial charge in [0.25, 0.3) is 0 Å². The fraction of sp³-hybridized carbons (Fsp3) is 0.727. The molecule has 0 aromatic heterocycles. The van der Waals surface area contributed by atoms with E-state index in [0.29, 0.717) is 6.61 Å². The lowest BCUT2D eigenvalue weighted by Gasteiger charge is -2.29. The maximum absolute atomic E-state index is 11.6. The molecule has 90 valence electrons. The van der Waals surface area contributed by atoms with E-state index in [1.54, 1.807) is 13.0 Å². The Morgan fingerprint density at radius 2 is 2.12 bits per heavy atom. The lowest BCUT2D eigenvalue weighted by atomic mass is 10.1. The number of cyclic esters (lactones) is 1. The molecule has 3 atom stereocenters. The van der Waals surface area contributed by atoms with Gasteiger partial charge in [-0.15, -0.1) is 0 Å². The molecule has 2 aliphatic heterocycles. The Balaban J connectivity index is 2.06. The summed E-state index contributed by atoms with van der Waals surface area (Å²) in [4.78, 5) is 11.6. The lowest BCUT2D eigenvalue weighted by Crippen LogP contribution is -2.42. The molecule has 0 amide bonds. The van der Waals surface area contributed by atoms with Crippen LogP contribution >= 0.6 is 15.9 Å². The molecule has 1 fully saturated rings. The lowest BCUT2D eigenvalue weighted by molar-refractivity contribution is -0.167. The van der Waals surface area contributed by atoms with Gasteiger partial charge in [0, 0.05) is 0 Å². The van der Waals surface area contributed by atoms with Crippen molar-refractivity contribution in [2.45, 2.75) is 43.1 Å². The molecule has 1 saturated heterocycles. The highest BCUT2D eigenvalue weighted by atomic mass is 79.9. The maximum Gasteiger partial charge on any atom is 0.327 e. The number of hydrogen-bond acceptors (Lipinski definition) is 4. The van der Waals surface area contributed by atoms with E-state index in [-0.39, 0.29) is 18.2 Å². The van der Waals surface area contributed by atoms with E-state index < -0.39 is 10.1 Å². The first kappa shape index (κ1) is 12.1. The fourth-order valence-corrected chi connectivity index (χ4v) is 1.94. The molecule has 16 heavy (non-hydrogen) atoms. The Morgan fingerprint density at radius 3 is 2.62 bits per heavy atom. The largest absolute Gasteiger partial charge is 0.454 e. The van der Waals surface area contributed by atoms with Crippen LogP contribution in [0.2, 0.25) is 0 Å². The van der Waals surface area contributed by atoms with Crippen molar-refractivity contribution in [2.24, 2.45) is 0 Å². The highest BCUT2D eigenvalue weighted by Gasteiger charge is 2.42. The van der Waals surface area contributed by atoms with Gasteiger partial charge < -0.3 is 14.2 Å². The molecule has 0 spiro atoms. The van der Waals surface area contributed by atoms with Crippen LogP contribution in [0, 0.1) is 0 Å². The quantitative estimate of drug-likeness (QED) is 0.419. The van der Waals surface area contributed by atoms with Crippen molar-refractivity contribution in [2.75, 3.05) is 6.61 Å². The van der Waals surface area contributed by atoms with E-state index in [0.717, 1.165) is 0 Å². The topological polar surface area (TPSA) is 44.8 Å². The second-order valence-electron chi connectivity index (χ2n) is 4.67. The summed E-state index contributed by atoms with van der Waals surface area (Å²) in [5.41, 5.74) is 0. The van der Waals surface area contributed by atoms with Crippen LogP contribution in [0.1, 0.15) is 20.8 Å². The van der Waals surface area contributed by atoms with Crippen molar-refractivity contribution in [1.29, 1.82) is 0 Å². The Labute approximate surface area is 103 Å². The van der Waals surface area contributed by atoms with Crippen LogP contribution in [-0.2, 0) is 19.0 Å². The van der Waals surface area contributed by atoms with Crippen LogP contribution in [0.3, 0.4) is 0 Å².